The lowest BCUT2D eigenvalue weighted by Gasteiger charge is -2.37. The van der Waals surface area contributed by atoms with Crippen molar-refractivity contribution in [2.45, 2.75) is 58.5 Å². The van der Waals surface area contributed by atoms with Gasteiger partial charge < -0.3 is 0 Å². The molecule has 0 radical (unpaired) electrons. The quantitative estimate of drug-likeness (QED) is 0.796. The van der Waals surface area contributed by atoms with Gasteiger partial charge in [-0.2, -0.15) is 0 Å². The molecule has 1 aliphatic heterocycles. The maximum atomic E-state index is 6.11. The second kappa shape index (κ2) is 7.42. The Morgan fingerprint density at radius 3 is 2.44 bits per heavy atom. The lowest BCUT2D eigenvalue weighted by Crippen LogP contribution is -2.40. The first-order valence-electron chi connectivity index (χ1n) is 9.20. The minimum atomic E-state index is -0.118. The van der Waals surface area contributed by atoms with Crippen molar-refractivity contribution in [3.05, 3.63) is 40.7 Å². The molecule has 1 saturated heterocycles. The monoisotopic (exact) mass is 361 g/mol. The second-order valence-electron chi connectivity index (χ2n) is 7.79. The predicted molar refractivity (Wildman–Crippen MR) is 101 cm³/mol. The van der Waals surface area contributed by atoms with Gasteiger partial charge in [0.1, 0.15) is 0 Å². The molecule has 136 valence electrons. The van der Waals surface area contributed by atoms with Crippen molar-refractivity contribution in [2.75, 3.05) is 13.1 Å². The number of nitrogens with zero attached hydrogens (tertiary/aromatic N) is 5. The summed E-state index contributed by atoms with van der Waals surface area (Å²) in [6.45, 7) is 11.0. The van der Waals surface area contributed by atoms with E-state index >= 15 is 0 Å². The van der Waals surface area contributed by atoms with Crippen molar-refractivity contribution < 1.29 is 0 Å². The first-order valence-corrected chi connectivity index (χ1v) is 9.58. The van der Waals surface area contributed by atoms with E-state index in [0.717, 1.165) is 36.3 Å². The predicted octanol–water partition coefficient (Wildman–Crippen LogP) is 4.29. The number of aromatic nitrogens is 4. The maximum Gasteiger partial charge on any atom is 0.173 e. The highest BCUT2D eigenvalue weighted by Gasteiger charge is 2.33. The number of hydrogen-bond acceptors (Lipinski definition) is 4. The number of benzene rings is 1. The molecule has 2 heterocycles. The Kier molecular flexibility index (Phi) is 5.44. The van der Waals surface area contributed by atoms with Crippen LogP contribution in [0, 0.1) is 5.92 Å². The highest BCUT2D eigenvalue weighted by molar-refractivity contribution is 6.30. The zero-order valence-electron chi connectivity index (χ0n) is 15.6. The van der Waals surface area contributed by atoms with Crippen molar-refractivity contribution in [1.82, 2.24) is 25.1 Å². The van der Waals surface area contributed by atoms with E-state index in [9.17, 15) is 0 Å². The summed E-state index contributed by atoms with van der Waals surface area (Å²) in [5.41, 5.74) is 1.08. The molecule has 0 aliphatic carbocycles. The number of likely N-dealkylation sites (tertiary alicyclic amines) is 1. The van der Waals surface area contributed by atoms with Crippen LogP contribution in [0.15, 0.2) is 24.3 Å². The fourth-order valence-corrected chi connectivity index (χ4v) is 3.53. The molecule has 0 amide bonds. The van der Waals surface area contributed by atoms with E-state index in [1.54, 1.807) is 0 Å². The Bertz CT molecular complexity index is 686. The van der Waals surface area contributed by atoms with Crippen LogP contribution < -0.4 is 0 Å². The number of hydrogen-bond donors (Lipinski definition) is 0. The van der Waals surface area contributed by atoms with E-state index in [2.05, 4.69) is 60.3 Å². The first kappa shape index (κ1) is 18.3. The highest BCUT2D eigenvalue weighted by Crippen LogP contribution is 2.33. The van der Waals surface area contributed by atoms with Crippen molar-refractivity contribution in [2.24, 2.45) is 5.92 Å². The molecular weight excluding hydrogens is 334 g/mol. The van der Waals surface area contributed by atoms with E-state index in [0.29, 0.717) is 0 Å². The zero-order chi connectivity index (χ0) is 18.0. The molecule has 1 aromatic heterocycles. The molecule has 3 rings (SSSR count). The van der Waals surface area contributed by atoms with Gasteiger partial charge in [0.15, 0.2) is 5.82 Å². The van der Waals surface area contributed by atoms with E-state index in [-0.39, 0.29) is 11.6 Å². The van der Waals surface area contributed by atoms with E-state index in [1.807, 2.05) is 16.8 Å². The SMILES string of the molecule is CCC(C)(C)n1nnnc1[C@H](c1ccc(Cl)cc1)N1CCC(C)CC1. The molecule has 0 N–H and O–H groups in total. The fraction of sp³-hybridized carbons (Fsp3) is 0.632. The summed E-state index contributed by atoms with van der Waals surface area (Å²) in [6, 6.07) is 8.17. The summed E-state index contributed by atoms with van der Waals surface area (Å²) in [6.07, 6.45) is 3.39. The molecule has 1 aliphatic rings. The standard InChI is InChI=1S/C19H28ClN5/c1-5-19(3,4)25-18(21-22-23-25)17(15-6-8-16(20)9-7-15)24-12-10-14(2)11-13-24/h6-9,14,17H,5,10-13H2,1-4H3/t17-/m0/s1. The van der Waals surface area contributed by atoms with Gasteiger partial charge in [-0.05, 0) is 80.2 Å². The summed E-state index contributed by atoms with van der Waals surface area (Å²) >= 11 is 6.11. The van der Waals surface area contributed by atoms with Crippen molar-refractivity contribution in [1.29, 1.82) is 0 Å². The molecule has 1 atom stereocenters. The van der Waals surface area contributed by atoms with Crippen LogP contribution in [0.25, 0.3) is 0 Å². The van der Waals surface area contributed by atoms with Gasteiger partial charge >= 0.3 is 0 Å². The van der Waals surface area contributed by atoms with Crippen LogP contribution in [0.5, 0.6) is 0 Å². The normalized spacial score (nSPS) is 18.4. The van der Waals surface area contributed by atoms with Crippen LogP contribution in [-0.4, -0.2) is 38.2 Å². The molecule has 25 heavy (non-hydrogen) atoms. The number of halogens is 1. The summed E-state index contributed by atoms with van der Waals surface area (Å²) < 4.78 is 2.00. The van der Waals surface area contributed by atoms with Crippen LogP contribution in [0.2, 0.25) is 5.02 Å². The third-order valence-corrected chi connectivity index (χ3v) is 5.80. The van der Waals surface area contributed by atoms with Gasteiger partial charge in [0.2, 0.25) is 0 Å². The Labute approximate surface area is 155 Å². The molecule has 1 fully saturated rings. The lowest BCUT2D eigenvalue weighted by atomic mass is 9.94. The highest BCUT2D eigenvalue weighted by atomic mass is 35.5. The summed E-state index contributed by atoms with van der Waals surface area (Å²) in [7, 11) is 0. The first-order chi connectivity index (χ1) is 11.9. The van der Waals surface area contributed by atoms with E-state index in [4.69, 9.17) is 11.6 Å². The molecule has 0 unspecified atom stereocenters. The van der Waals surface area contributed by atoms with Crippen LogP contribution in [0.4, 0.5) is 0 Å². The van der Waals surface area contributed by atoms with Crippen molar-refractivity contribution in [3.63, 3.8) is 0 Å². The molecule has 0 bridgehead atoms. The van der Waals surface area contributed by atoms with Gasteiger partial charge in [0, 0.05) is 5.02 Å². The van der Waals surface area contributed by atoms with Crippen molar-refractivity contribution >= 4 is 11.6 Å². The van der Waals surface area contributed by atoms with E-state index < -0.39 is 0 Å². The van der Waals surface area contributed by atoms with Gasteiger partial charge in [0.25, 0.3) is 0 Å². The molecule has 5 nitrogen and oxygen atoms in total. The molecule has 1 aromatic carbocycles. The topological polar surface area (TPSA) is 46.8 Å². The summed E-state index contributed by atoms with van der Waals surface area (Å²) in [5, 5.41) is 13.6. The van der Waals surface area contributed by atoms with E-state index in [1.165, 1.54) is 18.4 Å². The average molecular weight is 362 g/mol. The van der Waals surface area contributed by atoms with Crippen molar-refractivity contribution in [3.8, 4) is 0 Å². The van der Waals surface area contributed by atoms with Gasteiger partial charge in [0.05, 0.1) is 11.6 Å². The number of rotatable bonds is 5. The summed E-state index contributed by atoms with van der Waals surface area (Å²) in [5.74, 6) is 1.70. The Hall–Kier alpha value is -1.46. The molecule has 0 spiro atoms. The van der Waals surface area contributed by atoms with Crippen LogP contribution in [0.3, 0.4) is 0 Å². The summed E-state index contributed by atoms with van der Waals surface area (Å²) in [4.78, 5) is 2.51. The average Bonchev–Trinajstić information content (AvgIpc) is 3.09. The Morgan fingerprint density at radius 2 is 1.84 bits per heavy atom. The second-order valence-corrected chi connectivity index (χ2v) is 8.22. The minimum Gasteiger partial charge on any atom is -0.290 e. The largest absolute Gasteiger partial charge is 0.290 e. The Morgan fingerprint density at radius 1 is 1.20 bits per heavy atom. The van der Waals surface area contributed by atoms with Gasteiger partial charge in [-0.1, -0.05) is 37.6 Å². The zero-order valence-corrected chi connectivity index (χ0v) is 16.4. The maximum absolute atomic E-state index is 6.11. The van der Waals surface area contributed by atoms with Crippen LogP contribution in [0.1, 0.15) is 64.4 Å². The lowest BCUT2D eigenvalue weighted by molar-refractivity contribution is 0.143. The fourth-order valence-electron chi connectivity index (χ4n) is 3.40. The van der Waals surface area contributed by atoms with Gasteiger partial charge in [-0.25, -0.2) is 4.68 Å². The van der Waals surface area contributed by atoms with Gasteiger partial charge in [-0.15, -0.1) is 5.10 Å². The number of piperidine rings is 1. The molecule has 2 aromatic rings. The molecular formula is C19H28ClN5. The molecule has 6 heteroatoms. The van der Waals surface area contributed by atoms with Crippen LogP contribution >= 0.6 is 11.6 Å². The third kappa shape index (κ3) is 3.87. The minimum absolute atomic E-state index is 0.0607. The molecule has 0 saturated carbocycles. The van der Waals surface area contributed by atoms with Gasteiger partial charge in [-0.3, -0.25) is 4.90 Å². The smallest absolute Gasteiger partial charge is 0.173 e. The third-order valence-electron chi connectivity index (χ3n) is 5.55. The number of tetrazole rings is 1. The Balaban J connectivity index is 2.03. The van der Waals surface area contributed by atoms with Crippen LogP contribution in [-0.2, 0) is 5.54 Å².